The van der Waals surface area contributed by atoms with E-state index >= 15 is 0 Å². The molecule has 0 fully saturated rings. The number of carboxylic acid groups (broad SMARTS) is 1. The third kappa shape index (κ3) is 3.23. The van der Waals surface area contributed by atoms with Gasteiger partial charge in [-0.2, -0.15) is 0 Å². The van der Waals surface area contributed by atoms with Crippen molar-refractivity contribution in [1.82, 2.24) is 0 Å². The average molecular weight is 218 g/mol. The van der Waals surface area contributed by atoms with Crippen molar-refractivity contribution in [3.8, 4) is 0 Å². The molecule has 0 bridgehead atoms. The molecule has 0 saturated heterocycles. The molecule has 1 atom stereocenters. The number of rotatable bonds is 6. The number of carbonyl (C=O) groups is 1. The van der Waals surface area contributed by atoms with Crippen molar-refractivity contribution in [2.75, 3.05) is 0 Å². The lowest BCUT2D eigenvalue weighted by Gasteiger charge is -2.14. The van der Waals surface area contributed by atoms with E-state index in [1.54, 1.807) is 0 Å². The van der Waals surface area contributed by atoms with Gasteiger partial charge in [0.25, 0.3) is 0 Å². The Morgan fingerprint density at radius 3 is 2.75 bits per heavy atom. The van der Waals surface area contributed by atoms with E-state index in [9.17, 15) is 9.90 Å². The summed E-state index contributed by atoms with van der Waals surface area (Å²) in [5.41, 5.74) is 1.98. The van der Waals surface area contributed by atoms with Crippen LogP contribution in [0.1, 0.15) is 36.3 Å². The molecule has 0 radical (unpaired) electrons. The third-order valence-electron chi connectivity index (χ3n) is 2.76. The third-order valence-corrected chi connectivity index (χ3v) is 2.76. The van der Waals surface area contributed by atoms with Crippen LogP contribution in [0.25, 0.3) is 0 Å². The van der Waals surface area contributed by atoms with Crippen LogP contribution in [-0.2, 0) is 4.79 Å². The number of unbranched alkanes of at least 4 members (excludes halogenated alkanes) is 1. The maximum atomic E-state index is 11.2. The van der Waals surface area contributed by atoms with E-state index in [1.165, 1.54) is 0 Å². The van der Waals surface area contributed by atoms with Crippen molar-refractivity contribution < 1.29 is 9.90 Å². The highest BCUT2D eigenvalue weighted by Crippen LogP contribution is 2.25. The van der Waals surface area contributed by atoms with Gasteiger partial charge in [0.05, 0.1) is 5.92 Å². The smallest absolute Gasteiger partial charge is 0.310 e. The van der Waals surface area contributed by atoms with Crippen LogP contribution in [-0.4, -0.2) is 11.1 Å². The number of allylic oxidation sites excluding steroid dienone is 1. The molecule has 0 heterocycles. The zero-order chi connectivity index (χ0) is 12.0. The molecule has 0 saturated carbocycles. The van der Waals surface area contributed by atoms with E-state index in [0.717, 1.165) is 24.0 Å². The number of aryl methyl sites for hydroxylation is 1. The van der Waals surface area contributed by atoms with Gasteiger partial charge in [-0.1, -0.05) is 30.3 Å². The van der Waals surface area contributed by atoms with E-state index in [2.05, 4.69) is 6.58 Å². The first-order chi connectivity index (χ1) is 7.66. The Morgan fingerprint density at radius 2 is 2.19 bits per heavy atom. The van der Waals surface area contributed by atoms with Gasteiger partial charge in [0, 0.05) is 0 Å². The van der Waals surface area contributed by atoms with Gasteiger partial charge in [0.2, 0.25) is 0 Å². The number of hydrogen-bond donors (Lipinski definition) is 1. The summed E-state index contributed by atoms with van der Waals surface area (Å²) >= 11 is 0. The molecule has 0 aromatic heterocycles. The molecular formula is C14H18O2. The minimum Gasteiger partial charge on any atom is -0.481 e. The van der Waals surface area contributed by atoms with Gasteiger partial charge in [-0.25, -0.2) is 0 Å². The first kappa shape index (κ1) is 12.5. The van der Waals surface area contributed by atoms with Crippen molar-refractivity contribution >= 4 is 5.97 Å². The zero-order valence-electron chi connectivity index (χ0n) is 9.65. The molecule has 1 aromatic carbocycles. The van der Waals surface area contributed by atoms with Crippen LogP contribution in [0, 0.1) is 6.92 Å². The Labute approximate surface area is 96.6 Å². The Morgan fingerprint density at radius 1 is 1.50 bits per heavy atom. The van der Waals surface area contributed by atoms with E-state index in [-0.39, 0.29) is 5.92 Å². The summed E-state index contributed by atoms with van der Waals surface area (Å²) in [7, 11) is 0. The molecule has 0 amide bonds. The minimum absolute atomic E-state index is 0.388. The fourth-order valence-electron chi connectivity index (χ4n) is 1.86. The van der Waals surface area contributed by atoms with E-state index < -0.39 is 5.97 Å². The van der Waals surface area contributed by atoms with Gasteiger partial charge >= 0.3 is 5.97 Å². The van der Waals surface area contributed by atoms with E-state index in [4.69, 9.17) is 0 Å². The average Bonchev–Trinajstić information content (AvgIpc) is 2.25. The van der Waals surface area contributed by atoms with Crippen LogP contribution in [0.4, 0.5) is 0 Å². The molecule has 1 unspecified atom stereocenters. The number of benzene rings is 1. The SMILES string of the molecule is C=CCCCC(C(=O)O)c1ccccc1C. The Kier molecular flexibility index (Phi) is 4.77. The van der Waals surface area contributed by atoms with Crippen LogP contribution in [0.2, 0.25) is 0 Å². The molecule has 86 valence electrons. The molecule has 0 spiro atoms. The predicted octanol–water partition coefficient (Wildman–Crippen LogP) is 3.52. The second kappa shape index (κ2) is 6.11. The predicted molar refractivity (Wildman–Crippen MR) is 65.6 cm³/mol. The molecule has 1 rings (SSSR count). The molecule has 16 heavy (non-hydrogen) atoms. The number of hydrogen-bond acceptors (Lipinski definition) is 1. The molecule has 0 aliphatic heterocycles. The topological polar surface area (TPSA) is 37.3 Å². The van der Waals surface area contributed by atoms with Gasteiger partial charge in [-0.3, -0.25) is 4.79 Å². The van der Waals surface area contributed by atoms with Gasteiger partial charge < -0.3 is 5.11 Å². The van der Waals surface area contributed by atoms with Crippen molar-refractivity contribution in [3.63, 3.8) is 0 Å². The molecular weight excluding hydrogens is 200 g/mol. The highest BCUT2D eigenvalue weighted by Gasteiger charge is 2.20. The highest BCUT2D eigenvalue weighted by molar-refractivity contribution is 5.76. The van der Waals surface area contributed by atoms with E-state index in [0.29, 0.717) is 6.42 Å². The van der Waals surface area contributed by atoms with Crippen molar-refractivity contribution in [2.45, 2.75) is 32.1 Å². The Bertz CT molecular complexity index is 369. The molecule has 0 aliphatic rings. The Hall–Kier alpha value is -1.57. The summed E-state index contributed by atoms with van der Waals surface area (Å²) in [5, 5.41) is 9.22. The summed E-state index contributed by atoms with van der Waals surface area (Å²) in [6.45, 7) is 5.60. The molecule has 0 aliphatic carbocycles. The van der Waals surface area contributed by atoms with Crippen molar-refractivity contribution in [1.29, 1.82) is 0 Å². The fraction of sp³-hybridized carbons (Fsp3) is 0.357. The van der Waals surface area contributed by atoms with Gasteiger partial charge in [-0.05, 0) is 37.3 Å². The van der Waals surface area contributed by atoms with Crippen LogP contribution in [0.15, 0.2) is 36.9 Å². The maximum absolute atomic E-state index is 11.2. The lowest BCUT2D eigenvalue weighted by atomic mass is 9.90. The van der Waals surface area contributed by atoms with Gasteiger partial charge in [0.1, 0.15) is 0 Å². The second-order valence-electron chi connectivity index (χ2n) is 3.97. The largest absolute Gasteiger partial charge is 0.481 e. The van der Waals surface area contributed by atoms with E-state index in [1.807, 2.05) is 37.3 Å². The van der Waals surface area contributed by atoms with Crippen molar-refractivity contribution in [3.05, 3.63) is 48.0 Å². The summed E-state index contributed by atoms with van der Waals surface area (Å²) in [6.07, 6.45) is 4.24. The minimum atomic E-state index is -0.738. The fourth-order valence-corrected chi connectivity index (χ4v) is 1.86. The van der Waals surface area contributed by atoms with Crippen LogP contribution in [0.5, 0.6) is 0 Å². The molecule has 2 nitrogen and oxygen atoms in total. The quantitative estimate of drug-likeness (QED) is 0.586. The van der Waals surface area contributed by atoms with Crippen LogP contribution in [0.3, 0.4) is 0 Å². The monoisotopic (exact) mass is 218 g/mol. The number of carboxylic acids is 1. The standard InChI is InChI=1S/C14H18O2/c1-3-4-5-10-13(14(15)16)12-9-7-6-8-11(12)2/h3,6-9,13H,1,4-5,10H2,2H3,(H,15,16). The first-order valence-corrected chi connectivity index (χ1v) is 5.56. The highest BCUT2D eigenvalue weighted by atomic mass is 16.4. The molecule has 1 N–H and O–H groups in total. The lowest BCUT2D eigenvalue weighted by Crippen LogP contribution is -2.12. The normalized spacial score (nSPS) is 12.1. The molecule has 2 heteroatoms. The maximum Gasteiger partial charge on any atom is 0.310 e. The van der Waals surface area contributed by atoms with Crippen LogP contribution >= 0.6 is 0 Å². The Balaban J connectivity index is 2.81. The summed E-state index contributed by atoms with van der Waals surface area (Å²) in [5.74, 6) is -1.13. The van der Waals surface area contributed by atoms with Crippen LogP contribution < -0.4 is 0 Å². The van der Waals surface area contributed by atoms with Gasteiger partial charge in [0.15, 0.2) is 0 Å². The molecule has 1 aromatic rings. The van der Waals surface area contributed by atoms with Crippen molar-refractivity contribution in [2.24, 2.45) is 0 Å². The zero-order valence-corrected chi connectivity index (χ0v) is 9.65. The summed E-state index contributed by atoms with van der Waals surface area (Å²) in [4.78, 5) is 11.2. The number of aliphatic carboxylic acids is 1. The first-order valence-electron chi connectivity index (χ1n) is 5.56. The second-order valence-corrected chi connectivity index (χ2v) is 3.97. The summed E-state index contributed by atoms with van der Waals surface area (Å²) < 4.78 is 0. The lowest BCUT2D eigenvalue weighted by molar-refractivity contribution is -0.139. The van der Waals surface area contributed by atoms with Gasteiger partial charge in [-0.15, -0.1) is 6.58 Å². The summed E-state index contributed by atoms with van der Waals surface area (Å²) in [6, 6.07) is 7.69.